The number of aromatic amines is 1. The number of nitrogens with zero attached hydrogens (tertiary/aromatic N) is 3. The van der Waals surface area contributed by atoms with Crippen LogP contribution in [0.25, 0.3) is 17.2 Å². The molecule has 0 atom stereocenters. The largest absolute Gasteiger partial charge is 0.382 e. The van der Waals surface area contributed by atoms with Crippen LogP contribution in [0, 0.1) is 0 Å². The topological polar surface area (TPSA) is 80.5 Å². The molecular formula is C7H7N5. The number of aromatic nitrogens is 4. The molecule has 60 valence electrons. The molecule has 0 aliphatic carbocycles. The first-order valence-corrected chi connectivity index (χ1v) is 3.40. The predicted octanol–water partition coefficient (Wildman–Crippen LogP) is 0.578. The Morgan fingerprint density at radius 1 is 1.50 bits per heavy atom. The Kier molecular flexibility index (Phi) is 1.30. The molecule has 0 aliphatic rings. The molecule has 0 saturated heterocycles. The Morgan fingerprint density at radius 2 is 2.33 bits per heavy atom. The molecule has 0 amide bonds. The lowest BCUT2D eigenvalue weighted by molar-refractivity contribution is 1.20. The second-order valence-electron chi connectivity index (χ2n) is 2.28. The Labute approximate surface area is 68.4 Å². The fourth-order valence-corrected chi connectivity index (χ4v) is 0.961. The van der Waals surface area contributed by atoms with Gasteiger partial charge in [-0.05, 0) is 6.08 Å². The van der Waals surface area contributed by atoms with E-state index in [0.717, 1.165) is 0 Å². The van der Waals surface area contributed by atoms with E-state index in [9.17, 15) is 0 Å². The molecule has 12 heavy (non-hydrogen) atoms. The maximum absolute atomic E-state index is 5.57. The summed E-state index contributed by atoms with van der Waals surface area (Å²) in [4.78, 5) is 14.8. The van der Waals surface area contributed by atoms with Gasteiger partial charge < -0.3 is 10.7 Å². The lowest BCUT2D eigenvalue weighted by Gasteiger charge is -1.89. The number of nitrogen functional groups attached to an aromatic ring is 1. The molecule has 5 heteroatoms. The number of fused-ring (bicyclic) bond motifs is 1. The van der Waals surface area contributed by atoms with Crippen molar-refractivity contribution in [2.45, 2.75) is 0 Å². The first-order valence-electron chi connectivity index (χ1n) is 3.40. The zero-order valence-electron chi connectivity index (χ0n) is 6.28. The van der Waals surface area contributed by atoms with Crippen molar-refractivity contribution in [2.75, 3.05) is 5.73 Å². The van der Waals surface area contributed by atoms with Crippen molar-refractivity contribution in [1.29, 1.82) is 0 Å². The average molecular weight is 161 g/mol. The second kappa shape index (κ2) is 2.30. The molecule has 2 aromatic heterocycles. The molecule has 0 radical (unpaired) electrons. The van der Waals surface area contributed by atoms with Crippen LogP contribution >= 0.6 is 0 Å². The van der Waals surface area contributed by atoms with Gasteiger partial charge in [0, 0.05) is 0 Å². The normalized spacial score (nSPS) is 10.3. The third-order valence-electron chi connectivity index (χ3n) is 1.53. The van der Waals surface area contributed by atoms with Crippen molar-refractivity contribution in [2.24, 2.45) is 0 Å². The lowest BCUT2D eigenvalue weighted by atomic mass is 10.5. The van der Waals surface area contributed by atoms with Gasteiger partial charge in [-0.1, -0.05) is 6.58 Å². The predicted molar refractivity (Wildman–Crippen MR) is 46.2 cm³/mol. The number of hydrogen-bond acceptors (Lipinski definition) is 4. The standard InChI is InChI=1S/C7H7N5/c1-2-4-11-5-6(8)9-3-10-7(5)12-4/h2-3H,1H2,(H3,8,9,10,11,12). The number of nitrogens with one attached hydrogen (secondary N) is 1. The summed E-state index contributed by atoms with van der Waals surface area (Å²) in [6, 6.07) is 0. The average Bonchev–Trinajstić information content (AvgIpc) is 2.49. The molecule has 0 bridgehead atoms. The Hall–Kier alpha value is -1.91. The van der Waals surface area contributed by atoms with Crippen LogP contribution in [0.1, 0.15) is 5.82 Å². The van der Waals surface area contributed by atoms with Gasteiger partial charge in [-0.25, -0.2) is 15.0 Å². The van der Waals surface area contributed by atoms with Crippen molar-refractivity contribution in [1.82, 2.24) is 19.9 Å². The van der Waals surface area contributed by atoms with Crippen LogP contribution < -0.4 is 5.73 Å². The lowest BCUT2D eigenvalue weighted by Crippen LogP contribution is -1.91. The third-order valence-corrected chi connectivity index (χ3v) is 1.53. The smallest absolute Gasteiger partial charge is 0.183 e. The van der Waals surface area contributed by atoms with E-state index in [1.165, 1.54) is 6.33 Å². The summed E-state index contributed by atoms with van der Waals surface area (Å²) < 4.78 is 0. The van der Waals surface area contributed by atoms with Crippen molar-refractivity contribution in [3.8, 4) is 0 Å². The monoisotopic (exact) mass is 161 g/mol. The first-order chi connectivity index (χ1) is 5.81. The van der Waals surface area contributed by atoms with Crippen LogP contribution in [0.4, 0.5) is 5.82 Å². The summed E-state index contributed by atoms with van der Waals surface area (Å²) in [7, 11) is 0. The quantitative estimate of drug-likeness (QED) is 0.641. The Balaban J connectivity index is 2.82. The highest BCUT2D eigenvalue weighted by Crippen LogP contribution is 2.12. The van der Waals surface area contributed by atoms with Gasteiger partial charge in [0.15, 0.2) is 11.5 Å². The van der Waals surface area contributed by atoms with E-state index in [1.807, 2.05) is 0 Å². The van der Waals surface area contributed by atoms with Gasteiger partial charge in [0.1, 0.15) is 17.7 Å². The highest BCUT2D eigenvalue weighted by Gasteiger charge is 2.03. The molecule has 0 spiro atoms. The highest BCUT2D eigenvalue weighted by molar-refractivity contribution is 5.82. The van der Waals surface area contributed by atoms with Crippen LogP contribution in [-0.2, 0) is 0 Å². The van der Waals surface area contributed by atoms with Gasteiger partial charge in [-0.2, -0.15) is 0 Å². The van der Waals surface area contributed by atoms with Crippen LogP contribution in [0.15, 0.2) is 12.9 Å². The van der Waals surface area contributed by atoms with E-state index in [1.54, 1.807) is 6.08 Å². The van der Waals surface area contributed by atoms with Crippen LogP contribution in [0.5, 0.6) is 0 Å². The molecule has 0 fully saturated rings. The minimum Gasteiger partial charge on any atom is -0.382 e. The van der Waals surface area contributed by atoms with Crippen LogP contribution in [-0.4, -0.2) is 19.9 Å². The number of imidazole rings is 1. The zero-order valence-corrected chi connectivity index (χ0v) is 6.28. The van der Waals surface area contributed by atoms with Gasteiger partial charge in [-0.15, -0.1) is 0 Å². The summed E-state index contributed by atoms with van der Waals surface area (Å²) in [6.45, 7) is 3.57. The SMILES string of the molecule is C=Cc1nc2ncnc(N)c2[nH]1. The molecule has 0 saturated carbocycles. The molecule has 5 nitrogen and oxygen atoms in total. The number of rotatable bonds is 1. The maximum atomic E-state index is 5.57. The first kappa shape index (κ1) is 6.78. The van der Waals surface area contributed by atoms with Crippen molar-refractivity contribution in [3.05, 3.63) is 18.7 Å². The maximum Gasteiger partial charge on any atom is 0.183 e. The van der Waals surface area contributed by atoms with Crippen molar-refractivity contribution >= 4 is 23.1 Å². The van der Waals surface area contributed by atoms with Gasteiger partial charge >= 0.3 is 0 Å². The molecule has 2 rings (SSSR count). The van der Waals surface area contributed by atoms with E-state index >= 15 is 0 Å². The van der Waals surface area contributed by atoms with Gasteiger partial charge in [0.05, 0.1) is 0 Å². The van der Waals surface area contributed by atoms with E-state index in [0.29, 0.717) is 22.8 Å². The van der Waals surface area contributed by atoms with Gasteiger partial charge in [-0.3, -0.25) is 0 Å². The van der Waals surface area contributed by atoms with E-state index < -0.39 is 0 Å². The molecule has 0 unspecified atom stereocenters. The fraction of sp³-hybridized carbons (Fsp3) is 0. The molecular weight excluding hydrogens is 154 g/mol. The Morgan fingerprint density at radius 3 is 3.00 bits per heavy atom. The fourth-order valence-electron chi connectivity index (χ4n) is 0.961. The molecule has 0 aliphatic heterocycles. The summed E-state index contributed by atoms with van der Waals surface area (Å²) in [6.07, 6.45) is 2.98. The number of H-pyrrole nitrogens is 1. The van der Waals surface area contributed by atoms with Crippen molar-refractivity contribution < 1.29 is 0 Å². The summed E-state index contributed by atoms with van der Waals surface area (Å²) in [5.41, 5.74) is 6.79. The van der Waals surface area contributed by atoms with E-state index in [2.05, 4.69) is 26.5 Å². The number of nitrogens with two attached hydrogens (primary N) is 1. The van der Waals surface area contributed by atoms with E-state index in [-0.39, 0.29) is 0 Å². The van der Waals surface area contributed by atoms with Gasteiger partial charge in [0.25, 0.3) is 0 Å². The van der Waals surface area contributed by atoms with Crippen LogP contribution in [0.3, 0.4) is 0 Å². The second-order valence-corrected chi connectivity index (χ2v) is 2.28. The van der Waals surface area contributed by atoms with Crippen LogP contribution in [0.2, 0.25) is 0 Å². The van der Waals surface area contributed by atoms with Crippen molar-refractivity contribution in [3.63, 3.8) is 0 Å². The third kappa shape index (κ3) is 0.833. The molecule has 2 aromatic rings. The molecule has 0 aromatic carbocycles. The Bertz CT molecular complexity index is 430. The zero-order chi connectivity index (χ0) is 8.55. The minimum absolute atomic E-state index is 0.403. The summed E-state index contributed by atoms with van der Waals surface area (Å²) in [5, 5.41) is 0. The summed E-state index contributed by atoms with van der Waals surface area (Å²) in [5.74, 6) is 1.05. The summed E-state index contributed by atoms with van der Waals surface area (Å²) >= 11 is 0. The number of hydrogen-bond donors (Lipinski definition) is 2. The molecule has 3 N–H and O–H groups in total. The molecule has 2 heterocycles. The highest BCUT2D eigenvalue weighted by atomic mass is 15.0. The number of anilines is 1. The van der Waals surface area contributed by atoms with Gasteiger partial charge in [0.2, 0.25) is 0 Å². The minimum atomic E-state index is 0.403. The van der Waals surface area contributed by atoms with E-state index in [4.69, 9.17) is 5.73 Å².